The van der Waals surface area contributed by atoms with Gasteiger partial charge in [-0.15, -0.1) is 0 Å². The van der Waals surface area contributed by atoms with Crippen molar-refractivity contribution < 1.29 is 9.59 Å². The average molecular weight is 184 g/mol. The molecule has 1 aromatic carbocycles. The van der Waals surface area contributed by atoms with Crippen LogP contribution in [0.4, 0.5) is 4.79 Å². The zero-order valence-corrected chi connectivity index (χ0v) is 6.84. The predicted octanol–water partition coefficient (Wildman–Crippen LogP) is 1.78. The Kier molecular flexibility index (Phi) is 2.82. The second kappa shape index (κ2) is 3.88. The van der Waals surface area contributed by atoms with Crippen molar-refractivity contribution in [1.82, 2.24) is 5.32 Å². The molecular weight excluding hydrogens is 178 g/mol. The molecule has 0 fully saturated rings. The Hall–Kier alpha value is -1.35. The Morgan fingerprint density at radius 3 is 2.25 bits per heavy atom. The average Bonchev–Trinajstić information content (AvgIpc) is 2.05. The molecule has 0 aliphatic carbocycles. The Morgan fingerprint density at radius 2 is 1.75 bits per heavy atom. The monoisotopic (exact) mass is 183 g/mol. The summed E-state index contributed by atoms with van der Waals surface area (Å²) in [6.07, 6.45) is 0. The number of hydrogen-bond acceptors (Lipinski definition) is 2. The number of nitrogens with one attached hydrogen (secondary N) is 1. The summed E-state index contributed by atoms with van der Waals surface area (Å²) in [5.41, 5.74) is 0.409. The first kappa shape index (κ1) is 8.74. The molecule has 1 aromatic rings. The van der Waals surface area contributed by atoms with E-state index in [1.54, 1.807) is 30.3 Å². The topological polar surface area (TPSA) is 46.2 Å². The molecule has 1 N–H and O–H groups in total. The molecule has 0 unspecified atom stereocenters. The van der Waals surface area contributed by atoms with Gasteiger partial charge >= 0.3 is 5.37 Å². The number of carbonyl (C=O) groups excluding carboxylic acids is 2. The van der Waals surface area contributed by atoms with E-state index >= 15 is 0 Å². The van der Waals surface area contributed by atoms with Crippen molar-refractivity contribution in [2.24, 2.45) is 0 Å². The lowest BCUT2D eigenvalue weighted by molar-refractivity contribution is 0.0969. The largest absolute Gasteiger partial charge is 0.320 e. The molecule has 2 amide bonds. The fourth-order valence-corrected chi connectivity index (χ4v) is 0.837. The molecular formula is C8H6ClNO2. The first-order chi connectivity index (χ1) is 5.70. The van der Waals surface area contributed by atoms with Gasteiger partial charge in [-0.1, -0.05) is 18.2 Å². The van der Waals surface area contributed by atoms with E-state index in [0.29, 0.717) is 5.56 Å². The maximum absolute atomic E-state index is 11.0. The minimum atomic E-state index is -0.871. The molecule has 0 aromatic heterocycles. The molecule has 0 radical (unpaired) electrons. The molecule has 4 heteroatoms. The van der Waals surface area contributed by atoms with Gasteiger partial charge in [-0.2, -0.15) is 0 Å². The third-order valence-electron chi connectivity index (χ3n) is 1.25. The molecule has 0 bridgehead atoms. The summed E-state index contributed by atoms with van der Waals surface area (Å²) in [6, 6.07) is 8.37. The van der Waals surface area contributed by atoms with Crippen LogP contribution in [0.25, 0.3) is 0 Å². The van der Waals surface area contributed by atoms with Crippen molar-refractivity contribution >= 4 is 22.9 Å². The Morgan fingerprint density at radius 1 is 1.17 bits per heavy atom. The molecule has 0 aliphatic heterocycles. The third kappa shape index (κ3) is 2.36. The van der Waals surface area contributed by atoms with Crippen LogP contribution in [0.2, 0.25) is 0 Å². The van der Waals surface area contributed by atoms with E-state index < -0.39 is 11.3 Å². The number of carbonyl (C=O) groups is 2. The zero-order valence-electron chi connectivity index (χ0n) is 6.08. The summed E-state index contributed by atoms with van der Waals surface area (Å²) < 4.78 is 0. The lowest BCUT2D eigenvalue weighted by Crippen LogP contribution is -2.25. The standard InChI is InChI=1S/C8H6ClNO2/c9-8(12)10-7(11)6-4-2-1-3-5-6/h1-5H,(H,10,11,12). The van der Waals surface area contributed by atoms with Gasteiger partial charge in [0.25, 0.3) is 5.91 Å². The minimum Gasteiger partial charge on any atom is -0.279 e. The third-order valence-corrected chi connectivity index (χ3v) is 1.34. The normalized spacial score (nSPS) is 9.08. The number of hydrogen-bond donors (Lipinski definition) is 1. The first-order valence-electron chi connectivity index (χ1n) is 3.26. The highest BCUT2D eigenvalue weighted by Crippen LogP contribution is 1.97. The van der Waals surface area contributed by atoms with Crippen molar-refractivity contribution in [3.05, 3.63) is 35.9 Å². The molecule has 1 rings (SSSR count). The van der Waals surface area contributed by atoms with Gasteiger partial charge in [-0.25, -0.2) is 0 Å². The summed E-state index contributed by atoms with van der Waals surface area (Å²) in [7, 11) is 0. The number of amides is 2. The van der Waals surface area contributed by atoms with E-state index in [0.717, 1.165) is 0 Å². The molecule has 12 heavy (non-hydrogen) atoms. The second-order valence-corrected chi connectivity index (χ2v) is 2.44. The number of rotatable bonds is 1. The smallest absolute Gasteiger partial charge is 0.279 e. The van der Waals surface area contributed by atoms with Gasteiger partial charge in [0, 0.05) is 5.56 Å². The zero-order chi connectivity index (χ0) is 8.97. The molecule has 62 valence electrons. The van der Waals surface area contributed by atoms with Gasteiger partial charge in [0.15, 0.2) is 0 Å². The van der Waals surface area contributed by atoms with Crippen LogP contribution in [-0.4, -0.2) is 11.3 Å². The van der Waals surface area contributed by atoms with Crippen LogP contribution in [0.15, 0.2) is 30.3 Å². The van der Waals surface area contributed by atoms with Crippen molar-refractivity contribution in [2.45, 2.75) is 0 Å². The van der Waals surface area contributed by atoms with Crippen molar-refractivity contribution in [3.63, 3.8) is 0 Å². The molecule has 0 aliphatic rings. The van der Waals surface area contributed by atoms with Crippen LogP contribution in [0.3, 0.4) is 0 Å². The molecule has 0 saturated carbocycles. The van der Waals surface area contributed by atoms with E-state index in [2.05, 4.69) is 0 Å². The summed E-state index contributed by atoms with van der Waals surface area (Å²) in [4.78, 5) is 21.3. The summed E-state index contributed by atoms with van der Waals surface area (Å²) in [6.45, 7) is 0. The highest BCUT2D eigenvalue weighted by atomic mass is 35.5. The molecule has 0 saturated heterocycles. The fourth-order valence-electron chi connectivity index (χ4n) is 0.751. The van der Waals surface area contributed by atoms with E-state index in [4.69, 9.17) is 11.6 Å². The Bertz CT molecular complexity index is 297. The number of halogens is 1. The first-order valence-corrected chi connectivity index (χ1v) is 3.64. The highest BCUT2D eigenvalue weighted by molar-refractivity contribution is 6.64. The van der Waals surface area contributed by atoms with Crippen LogP contribution >= 0.6 is 11.6 Å². The van der Waals surface area contributed by atoms with E-state index in [-0.39, 0.29) is 0 Å². The summed E-state index contributed by atoms with van der Waals surface area (Å²) in [5, 5.41) is 1.08. The van der Waals surface area contributed by atoms with Gasteiger partial charge in [-0.3, -0.25) is 14.9 Å². The van der Waals surface area contributed by atoms with Crippen LogP contribution in [0.5, 0.6) is 0 Å². The van der Waals surface area contributed by atoms with Gasteiger partial charge in [0.1, 0.15) is 0 Å². The molecule has 0 spiro atoms. The van der Waals surface area contributed by atoms with E-state index in [1.165, 1.54) is 0 Å². The molecule has 0 atom stereocenters. The highest BCUT2D eigenvalue weighted by Gasteiger charge is 2.05. The maximum Gasteiger partial charge on any atom is 0.320 e. The Labute approximate surface area is 74.3 Å². The van der Waals surface area contributed by atoms with E-state index in [1.807, 2.05) is 5.32 Å². The van der Waals surface area contributed by atoms with Crippen molar-refractivity contribution in [1.29, 1.82) is 0 Å². The van der Waals surface area contributed by atoms with Crippen molar-refractivity contribution in [2.75, 3.05) is 0 Å². The van der Waals surface area contributed by atoms with Crippen LogP contribution in [0.1, 0.15) is 10.4 Å². The predicted molar refractivity (Wildman–Crippen MR) is 45.2 cm³/mol. The van der Waals surface area contributed by atoms with Crippen LogP contribution in [-0.2, 0) is 0 Å². The SMILES string of the molecule is O=C(Cl)NC(=O)c1ccccc1. The minimum absolute atomic E-state index is 0.409. The van der Waals surface area contributed by atoms with E-state index in [9.17, 15) is 9.59 Å². The van der Waals surface area contributed by atoms with Crippen LogP contribution in [0, 0.1) is 0 Å². The molecule has 3 nitrogen and oxygen atoms in total. The lowest BCUT2D eigenvalue weighted by atomic mass is 10.2. The van der Waals surface area contributed by atoms with Crippen molar-refractivity contribution in [3.8, 4) is 0 Å². The maximum atomic E-state index is 11.0. The Balaban J connectivity index is 2.73. The number of imide groups is 1. The number of benzene rings is 1. The fraction of sp³-hybridized carbons (Fsp3) is 0. The summed E-state index contributed by atoms with van der Waals surface area (Å²) in [5.74, 6) is -0.490. The van der Waals surface area contributed by atoms with Gasteiger partial charge in [-0.05, 0) is 23.7 Å². The van der Waals surface area contributed by atoms with Gasteiger partial charge < -0.3 is 0 Å². The summed E-state index contributed by atoms with van der Waals surface area (Å²) >= 11 is 4.95. The van der Waals surface area contributed by atoms with Gasteiger partial charge in [0.2, 0.25) is 0 Å². The molecule has 0 heterocycles. The second-order valence-electron chi connectivity index (χ2n) is 2.09. The lowest BCUT2D eigenvalue weighted by Gasteiger charge is -1.97. The quantitative estimate of drug-likeness (QED) is 0.533. The van der Waals surface area contributed by atoms with Gasteiger partial charge in [0.05, 0.1) is 0 Å². The van der Waals surface area contributed by atoms with Crippen LogP contribution < -0.4 is 5.32 Å².